The number of aromatic nitrogens is 6. The Kier molecular flexibility index (Phi) is 9.27. The van der Waals surface area contributed by atoms with Gasteiger partial charge in [0.05, 0.1) is 30.3 Å². The Hall–Kier alpha value is -4.40. The molecule has 1 unspecified atom stereocenters. The number of tetrazole rings is 1. The first-order chi connectivity index (χ1) is 19.5. The van der Waals surface area contributed by atoms with E-state index in [0.29, 0.717) is 33.1 Å². The fourth-order valence-electron chi connectivity index (χ4n) is 3.69. The predicted octanol–water partition coefficient (Wildman–Crippen LogP) is 3.52. The molecule has 0 spiro atoms. The van der Waals surface area contributed by atoms with Gasteiger partial charge in [0.2, 0.25) is 5.91 Å². The third-order valence-corrected chi connectivity index (χ3v) is 6.99. The Morgan fingerprint density at radius 1 is 1.10 bits per heavy atom. The molecule has 2 aromatic carbocycles. The van der Waals surface area contributed by atoms with Crippen LogP contribution in [0.1, 0.15) is 17.3 Å². The van der Waals surface area contributed by atoms with Crippen molar-refractivity contribution < 1.29 is 22.7 Å². The molecule has 0 aliphatic heterocycles. The summed E-state index contributed by atoms with van der Waals surface area (Å²) in [7, 11) is -2.32. The van der Waals surface area contributed by atoms with Gasteiger partial charge in [0.15, 0.2) is 5.15 Å². The lowest BCUT2D eigenvalue weighted by Crippen LogP contribution is -2.32. The molecule has 2 heterocycles. The molecule has 4 aromatic rings. The van der Waals surface area contributed by atoms with Gasteiger partial charge in [0.1, 0.15) is 16.2 Å². The molecule has 212 valence electrons. The number of benzene rings is 2. The lowest BCUT2D eigenvalue weighted by Gasteiger charge is -2.17. The van der Waals surface area contributed by atoms with Gasteiger partial charge in [0.25, 0.3) is 0 Å². The van der Waals surface area contributed by atoms with E-state index < -0.39 is 33.6 Å². The van der Waals surface area contributed by atoms with Gasteiger partial charge in [-0.1, -0.05) is 35.3 Å². The smallest absolute Gasteiger partial charge is 0.411 e. The number of sulfone groups is 1. The minimum Gasteiger partial charge on any atom is -0.453 e. The maximum Gasteiger partial charge on any atom is 0.411 e. The number of rotatable bonds is 9. The summed E-state index contributed by atoms with van der Waals surface area (Å²) in [4.78, 5) is 24.4. The highest BCUT2D eigenvalue weighted by Gasteiger charge is 2.23. The first-order valence-corrected chi connectivity index (χ1v) is 14.5. The lowest BCUT2D eigenvalue weighted by atomic mass is 10.1. The molecular weight excluding hydrogens is 595 g/mol. The van der Waals surface area contributed by atoms with Crippen molar-refractivity contribution in [1.82, 2.24) is 35.7 Å². The Bertz CT molecular complexity index is 1700. The van der Waals surface area contributed by atoms with Crippen LogP contribution in [0.3, 0.4) is 0 Å². The summed E-state index contributed by atoms with van der Waals surface area (Å²) in [5.74, 6) is -1.05. The molecule has 16 heteroatoms. The van der Waals surface area contributed by atoms with Crippen LogP contribution in [-0.2, 0) is 19.4 Å². The normalized spacial score (nSPS) is 12.2. The van der Waals surface area contributed by atoms with E-state index in [4.69, 9.17) is 23.2 Å². The van der Waals surface area contributed by atoms with E-state index in [9.17, 15) is 18.0 Å². The molecule has 41 heavy (non-hydrogen) atoms. The van der Waals surface area contributed by atoms with Crippen LogP contribution in [0, 0.1) is 0 Å². The van der Waals surface area contributed by atoms with Crippen LogP contribution in [0.5, 0.6) is 0 Å². The quantitative estimate of drug-likeness (QED) is 0.265. The average Bonchev–Trinajstić information content (AvgIpc) is 3.46. The zero-order chi connectivity index (χ0) is 29.6. The number of methoxy groups -OCH3 is 1. The van der Waals surface area contributed by atoms with Gasteiger partial charge >= 0.3 is 6.09 Å². The number of ether oxygens (including phenoxy) is 1. The van der Waals surface area contributed by atoms with Crippen LogP contribution in [0.15, 0.2) is 60.9 Å². The summed E-state index contributed by atoms with van der Waals surface area (Å²) in [6, 6.07) is 12.1. The minimum absolute atomic E-state index is 0.0582. The number of carbonyl (C=O) groups excluding carboxylic acids is 2. The number of halogens is 2. The molecule has 1 atom stereocenters. The van der Waals surface area contributed by atoms with E-state index in [2.05, 4.69) is 41.1 Å². The molecule has 13 nitrogen and oxygen atoms in total. The van der Waals surface area contributed by atoms with Crippen molar-refractivity contribution in [2.24, 2.45) is 0 Å². The summed E-state index contributed by atoms with van der Waals surface area (Å²) >= 11 is 12.4. The highest BCUT2D eigenvalue weighted by molar-refractivity contribution is 7.90. The monoisotopic (exact) mass is 616 g/mol. The molecule has 0 saturated carbocycles. The Morgan fingerprint density at radius 2 is 1.85 bits per heavy atom. The fraction of sp³-hybridized carbons (Fsp3) is 0.160. The molecule has 2 aromatic heterocycles. The molecule has 0 aliphatic carbocycles. The third-order valence-electron chi connectivity index (χ3n) is 5.54. The predicted molar refractivity (Wildman–Crippen MR) is 152 cm³/mol. The van der Waals surface area contributed by atoms with Crippen molar-refractivity contribution >= 4 is 56.8 Å². The average molecular weight is 617 g/mol. The molecular formula is C25H22Cl2N8O5S. The molecule has 2 N–H and O–H groups in total. The second kappa shape index (κ2) is 12.8. The Labute approximate surface area is 244 Å². The zero-order valence-corrected chi connectivity index (χ0v) is 23.9. The standard InChI is InChI=1S/C25H22Cl2N8O5S/c1-40-25(37)29-18-7-3-15(4-8-18)19-12-20(31-32-24(19)27)21(13-41(2,38)39)30-23(36)10-5-16-11-17(26)6-9-22(16)35-14-28-33-34-35/h3-12,14,21H,13H2,1-2H3,(H,29,37)(H,30,36). The second-order valence-electron chi connectivity index (χ2n) is 8.61. The number of carbonyl (C=O) groups is 2. The van der Waals surface area contributed by atoms with Crippen LogP contribution in [-0.4, -0.2) is 69.9 Å². The van der Waals surface area contributed by atoms with Gasteiger partial charge < -0.3 is 10.1 Å². The summed E-state index contributed by atoms with van der Waals surface area (Å²) in [6.45, 7) is 0. The van der Waals surface area contributed by atoms with Gasteiger partial charge in [-0.05, 0) is 58.5 Å². The SMILES string of the molecule is COC(=O)Nc1ccc(-c2cc(C(CS(C)(=O)=O)NC(=O)C=Cc3cc(Cl)ccc3-n3cnnn3)nnc2Cl)cc1. The molecule has 0 fully saturated rings. The van der Waals surface area contributed by atoms with Gasteiger partial charge in [-0.2, -0.15) is 9.78 Å². The molecule has 0 radical (unpaired) electrons. The summed E-state index contributed by atoms with van der Waals surface area (Å²) in [5.41, 5.74) is 2.81. The van der Waals surface area contributed by atoms with Gasteiger partial charge in [-0.15, -0.1) is 10.2 Å². The van der Waals surface area contributed by atoms with Crippen molar-refractivity contribution in [1.29, 1.82) is 0 Å². The Morgan fingerprint density at radius 3 is 2.51 bits per heavy atom. The number of hydrogen-bond donors (Lipinski definition) is 2. The van der Waals surface area contributed by atoms with E-state index in [1.165, 1.54) is 30.3 Å². The van der Waals surface area contributed by atoms with E-state index in [-0.39, 0.29) is 10.8 Å². The fourth-order valence-corrected chi connectivity index (χ4v) is 4.94. The van der Waals surface area contributed by atoms with Crippen LogP contribution >= 0.6 is 23.2 Å². The van der Waals surface area contributed by atoms with Crippen LogP contribution in [0.2, 0.25) is 10.2 Å². The molecule has 0 aliphatic rings. The zero-order valence-electron chi connectivity index (χ0n) is 21.5. The second-order valence-corrected chi connectivity index (χ2v) is 11.6. The maximum absolute atomic E-state index is 12.9. The molecule has 2 amide bonds. The van der Waals surface area contributed by atoms with Crippen molar-refractivity contribution in [3.8, 4) is 16.8 Å². The van der Waals surface area contributed by atoms with E-state index >= 15 is 0 Å². The van der Waals surface area contributed by atoms with Crippen LogP contribution in [0.4, 0.5) is 10.5 Å². The number of hydrogen-bond acceptors (Lipinski definition) is 10. The van der Waals surface area contributed by atoms with E-state index in [1.54, 1.807) is 48.5 Å². The number of nitrogens with zero attached hydrogens (tertiary/aromatic N) is 6. The number of nitrogens with one attached hydrogen (secondary N) is 2. The van der Waals surface area contributed by atoms with Gasteiger partial charge in [-0.25, -0.2) is 13.2 Å². The molecule has 4 rings (SSSR count). The summed E-state index contributed by atoms with van der Waals surface area (Å²) in [5, 5.41) is 24.8. The molecule has 0 bridgehead atoms. The number of anilines is 1. The van der Waals surface area contributed by atoms with Crippen molar-refractivity contribution in [3.63, 3.8) is 0 Å². The van der Waals surface area contributed by atoms with Gasteiger partial charge in [-0.3, -0.25) is 10.1 Å². The molecule has 0 saturated heterocycles. The third kappa shape index (κ3) is 8.06. The summed E-state index contributed by atoms with van der Waals surface area (Å²) in [6.07, 6.45) is 4.54. The van der Waals surface area contributed by atoms with E-state index in [1.807, 2.05) is 0 Å². The van der Waals surface area contributed by atoms with Crippen molar-refractivity contribution in [2.75, 3.05) is 24.4 Å². The summed E-state index contributed by atoms with van der Waals surface area (Å²) < 4.78 is 30.5. The highest BCUT2D eigenvalue weighted by Crippen LogP contribution is 2.29. The minimum atomic E-state index is -3.57. The first kappa shape index (κ1) is 29.6. The lowest BCUT2D eigenvalue weighted by molar-refractivity contribution is -0.117. The first-order valence-electron chi connectivity index (χ1n) is 11.7. The van der Waals surface area contributed by atoms with E-state index in [0.717, 1.165) is 6.26 Å². The van der Waals surface area contributed by atoms with Crippen molar-refractivity contribution in [3.05, 3.63) is 82.4 Å². The highest BCUT2D eigenvalue weighted by atomic mass is 35.5. The van der Waals surface area contributed by atoms with Gasteiger partial charge in [0, 0.05) is 34.2 Å². The topological polar surface area (TPSA) is 171 Å². The van der Waals surface area contributed by atoms with Crippen molar-refractivity contribution in [2.45, 2.75) is 6.04 Å². The van der Waals surface area contributed by atoms with Crippen LogP contribution in [0.25, 0.3) is 22.9 Å². The van der Waals surface area contributed by atoms with Crippen LogP contribution < -0.4 is 10.6 Å². The maximum atomic E-state index is 12.9. The Balaban J connectivity index is 1.60. The largest absolute Gasteiger partial charge is 0.453 e. The number of amides is 2.